The number of nitrogens with one attached hydrogen (secondary N) is 1. The van der Waals surface area contributed by atoms with E-state index >= 15 is 0 Å². The SMILES string of the molecule is CCCNCC(Cc1ccc(Cl)cc1)c1cccc(F)c1. The maximum atomic E-state index is 13.5. The Morgan fingerprint density at radius 1 is 1.14 bits per heavy atom. The van der Waals surface area contributed by atoms with E-state index in [0.29, 0.717) is 0 Å². The highest BCUT2D eigenvalue weighted by Crippen LogP contribution is 2.22. The number of hydrogen-bond acceptors (Lipinski definition) is 1. The van der Waals surface area contributed by atoms with Crippen molar-refractivity contribution in [3.8, 4) is 0 Å². The fraction of sp³-hybridized carbons (Fsp3) is 0.333. The summed E-state index contributed by atoms with van der Waals surface area (Å²) in [6, 6.07) is 14.8. The number of hydrogen-bond donors (Lipinski definition) is 1. The van der Waals surface area contributed by atoms with Gasteiger partial charge in [0.2, 0.25) is 0 Å². The third-order valence-electron chi connectivity index (χ3n) is 3.53. The van der Waals surface area contributed by atoms with Crippen molar-refractivity contribution < 1.29 is 4.39 Å². The lowest BCUT2D eigenvalue weighted by Crippen LogP contribution is -2.23. The van der Waals surface area contributed by atoms with E-state index in [0.717, 1.165) is 36.5 Å². The first-order chi connectivity index (χ1) is 10.2. The van der Waals surface area contributed by atoms with Crippen LogP contribution in [0.5, 0.6) is 0 Å². The second kappa shape index (κ2) is 8.16. The van der Waals surface area contributed by atoms with Crippen LogP contribution in [0.3, 0.4) is 0 Å². The molecule has 0 aliphatic heterocycles. The average Bonchev–Trinajstić information content (AvgIpc) is 2.48. The maximum absolute atomic E-state index is 13.5. The van der Waals surface area contributed by atoms with E-state index < -0.39 is 0 Å². The van der Waals surface area contributed by atoms with Crippen molar-refractivity contribution in [1.29, 1.82) is 0 Å². The Morgan fingerprint density at radius 3 is 2.57 bits per heavy atom. The number of benzene rings is 2. The van der Waals surface area contributed by atoms with Gasteiger partial charge in [-0.2, -0.15) is 0 Å². The largest absolute Gasteiger partial charge is 0.316 e. The van der Waals surface area contributed by atoms with E-state index in [4.69, 9.17) is 11.6 Å². The highest BCUT2D eigenvalue weighted by Gasteiger charge is 2.13. The molecule has 1 nitrogen and oxygen atoms in total. The molecule has 0 radical (unpaired) electrons. The second-order valence-corrected chi connectivity index (χ2v) is 5.72. The van der Waals surface area contributed by atoms with Crippen LogP contribution in [0, 0.1) is 5.82 Å². The molecule has 21 heavy (non-hydrogen) atoms. The molecule has 0 saturated heterocycles. The Morgan fingerprint density at radius 2 is 1.90 bits per heavy atom. The molecular formula is C18H21ClFN. The van der Waals surface area contributed by atoms with Gasteiger partial charge in [0.15, 0.2) is 0 Å². The summed E-state index contributed by atoms with van der Waals surface area (Å²) in [5.41, 5.74) is 2.25. The normalized spacial score (nSPS) is 12.3. The van der Waals surface area contributed by atoms with E-state index in [1.54, 1.807) is 12.1 Å². The summed E-state index contributed by atoms with van der Waals surface area (Å²) in [7, 11) is 0. The van der Waals surface area contributed by atoms with Crippen molar-refractivity contribution in [2.24, 2.45) is 0 Å². The molecule has 0 aromatic heterocycles. The zero-order valence-electron chi connectivity index (χ0n) is 12.3. The Hall–Kier alpha value is -1.38. The molecule has 3 heteroatoms. The summed E-state index contributed by atoms with van der Waals surface area (Å²) >= 11 is 5.93. The van der Waals surface area contributed by atoms with Crippen LogP contribution < -0.4 is 5.32 Å². The van der Waals surface area contributed by atoms with Crippen LogP contribution >= 0.6 is 11.6 Å². The molecule has 0 saturated carbocycles. The summed E-state index contributed by atoms with van der Waals surface area (Å²) < 4.78 is 13.5. The van der Waals surface area contributed by atoms with Gasteiger partial charge in [-0.25, -0.2) is 4.39 Å². The smallest absolute Gasteiger partial charge is 0.123 e. The Balaban J connectivity index is 2.13. The second-order valence-electron chi connectivity index (χ2n) is 5.29. The molecule has 1 unspecified atom stereocenters. The molecule has 1 N–H and O–H groups in total. The summed E-state index contributed by atoms with van der Waals surface area (Å²) in [5.74, 6) is 0.0810. The average molecular weight is 306 g/mol. The predicted molar refractivity (Wildman–Crippen MR) is 87.5 cm³/mol. The molecule has 0 amide bonds. The monoisotopic (exact) mass is 305 g/mol. The zero-order valence-corrected chi connectivity index (χ0v) is 13.0. The first-order valence-electron chi connectivity index (χ1n) is 7.39. The van der Waals surface area contributed by atoms with Crippen LogP contribution in [0.15, 0.2) is 48.5 Å². The highest BCUT2D eigenvalue weighted by molar-refractivity contribution is 6.30. The van der Waals surface area contributed by atoms with Crippen LogP contribution in [-0.4, -0.2) is 13.1 Å². The highest BCUT2D eigenvalue weighted by atomic mass is 35.5. The molecule has 0 spiro atoms. The maximum Gasteiger partial charge on any atom is 0.123 e. The summed E-state index contributed by atoms with van der Waals surface area (Å²) in [6.45, 7) is 3.97. The fourth-order valence-electron chi connectivity index (χ4n) is 2.43. The summed E-state index contributed by atoms with van der Waals surface area (Å²) in [6.07, 6.45) is 1.97. The minimum atomic E-state index is -0.177. The first kappa shape index (κ1) is 16.0. The molecule has 0 heterocycles. The molecule has 1 atom stereocenters. The van der Waals surface area contributed by atoms with Gasteiger partial charge in [-0.05, 0) is 54.8 Å². The van der Waals surface area contributed by atoms with Gasteiger partial charge < -0.3 is 5.32 Å². The van der Waals surface area contributed by atoms with Crippen LogP contribution in [0.1, 0.15) is 30.4 Å². The van der Waals surface area contributed by atoms with E-state index in [1.165, 1.54) is 11.6 Å². The predicted octanol–water partition coefficient (Wildman–Crippen LogP) is 4.81. The minimum Gasteiger partial charge on any atom is -0.316 e. The van der Waals surface area contributed by atoms with Crippen molar-refractivity contribution in [3.05, 3.63) is 70.5 Å². The van der Waals surface area contributed by atoms with Crippen LogP contribution in [0.2, 0.25) is 5.02 Å². The van der Waals surface area contributed by atoms with Gasteiger partial charge in [0.05, 0.1) is 0 Å². The van der Waals surface area contributed by atoms with Gasteiger partial charge in [0.25, 0.3) is 0 Å². The lowest BCUT2D eigenvalue weighted by atomic mass is 9.92. The topological polar surface area (TPSA) is 12.0 Å². The van der Waals surface area contributed by atoms with E-state index in [9.17, 15) is 4.39 Å². The van der Waals surface area contributed by atoms with Gasteiger partial charge in [-0.3, -0.25) is 0 Å². The Labute approximate surface area is 131 Å². The van der Waals surface area contributed by atoms with E-state index in [1.807, 2.05) is 30.3 Å². The Bertz CT molecular complexity index is 553. The third kappa shape index (κ3) is 5.14. The van der Waals surface area contributed by atoms with Crippen LogP contribution in [-0.2, 0) is 6.42 Å². The van der Waals surface area contributed by atoms with Gasteiger partial charge in [0.1, 0.15) is 5.82 Å². The van der Waals surface area contributed by atoms with Gasteiger partial charge in [-0.15, -0.1) is 0 Å². The summed E-state index contributed by atoms with van der Waals surface area (Å²) in [5, 5.41) is 4.18. The number of rotatable bonds is 7. The quantitative estimate of drug-likeness (QED) is 0.724. The van der Waals surface area contributed by atoms with E-state index in [-0.39, 0.29) is 11.7 Å². The van der Waals surface area contributed by atoms with Crippen molar-refractivity contribution in [2.45, 2.75) is 25.7 Å². The van der Waals surface area contributed by atoms with Crippen LogP contribution in [0.4, 0.5) is 4.39 Å². The van der Waals surface area contributed by atoms with Crippen molar-refractivity contribution >= 4 is 11.6 Å². The van der Waals surface area contributed by atoms with Crippen molar-refractivity contribution in [2.75, 3.05) is 13.1 Å². The molecule has 112 valence electrons. The lowest BCUT2D eigenvalue weighted by Gasteiger charge is -2.18. The third-order valence-corrected chi connectivity index (χ3v) is 3.78. The van der Waals surface area contributed by atoms with Gasteiger partial charge >= 0.3 is 0 Å². The molecule has 0 fully saturated rings. The standard InChI is InChI=1S/C18H21ClFN/c1-2-10-21-13-16(15-4-3-5-18(20)12-15)11-14-6-8-17(19)9-7-14/h3-9,12,16,21H,2,10-11,13H2,1H3. The number of halogens is 2. The van der Waals surface area contributed by atoms with Crippen molar-refractivity contribution in [1.82, 2.24) is 5.32 Å². The first-order valence-corrected chi connectivity index (χ1v) is 7.77. The molecule has 2 rings (SSSR count). The Kier molecular flexibility index (Phi) is 6.21. The van der Waals surface area contributed by atoms with E-state index in [2.05, 4.69) is 12.2 Å². The zero-order chi connectivity index (χ0) is 15.1. The van der Waals surface area contributed by atoms with Crippen molar-refractivity contribution in [3.63, 3.8) is 0 Å². The fourth-order valence-corrected chi connectivity index (χ4v) is 2.55. The lowest BCUT2D eigenvalue weighted by molar-refractivity contribution is 0.569. The molecular weight excluding hydrogens is 285 g/mol. The van der Waals surface area contributed by atoms with Crippen LogP contribution in [0.25, 0.3) is 0 Å². The molecule has 2 aromatic carbocycles. The molecule has 2 aromatic rings. The summed E-state index contributed by atoms with van der Waals surface area (Å²) in [4.78, 5) is 0. The van der Waals surface area contributed by atoms with Gasteiger partial charge in [-0.1, -0.05) is 42.8 Å². The minimum absolute atomic E-state index is 0.177. The molecule has 0 aliphatic rings. The van der Waals surface area contributed by atoms with Gasteiger partial charge in [0, 0.05) is 17.5 Å². The molecule has 0 bridgehead atoms. The molecule has 0 aliphatic carbocycles.